The highest BCUT2D eigenvalue weighted by atomic mass is 32.1. The predicted octanol–water partition coefficient (Wildman–Crippen LogP) is 5.74. The Morgan fingerprint density at radius 2 is 1.77 bits per heavy atom. The van der Waals surface area contributed by atoms with Crippen molar-refractivity contribution in [2.75, 3.05) is 25.0 Å². The molecule has 0 aliphatic carbocycles. The summed E-state index contributed by atoms with van der Waals surface area (Å²) >= 11 is 1.43. The van der Waals surface area contributed by atoms with Crippen LogP contribution in [0.5, 0.6) is 0 Å². The van der Waals surface area contributed by atoms with Gasteiger partial charge in [-0.25, -0.2) is 9.67 Å². The molecule has 250 valence electrons. The van der Waals surface area contributed by atoms with Crippen molar-refractivity contribution in [1.82, 2.24) is 29.0 Å². The topological polar surface area (TPSA) is 125 Å². The summed E-state index contributed by atoms with van der Waals surface area (Å²) in [5.41, 5.74) is 4.55. The fraction of sp³-hybridized carbons (Fsp3) is 0.361. The molecule has 0 unspecified atom stereocenters. The molecule has 1 aliphatic rings. The number of carbonyl (C=O) groups excluding carboxylic acids is 3. The molecule has 2 N–H and O–H groups in total. The molecule has 0 fully saturated rings. The summed E-state index contributed by atoms with van der Waals surface area (Å²) in [6.45, 7) is 7.51. The van der Waals surface area contributed by atoms with Crippen LogP contribution in [0.2, 0.25) is 0 Å². The Hall–Kier alpha value is -4.81. The molecule has 0 saturated heterocycles. The summed E-state index contributed by atoms with van der Waals surface area (Å²) in [5.74, 6) is -0.851. The molecular weight excluding hydrogens is 627 g/mol. The molecule has 12 heteroatoms. The summed E-state index contributed by atoms with van der Waals surface area (Å²) in [5, 5.41) is 19.9. The van der Waals surface area contributed by atoms with E-state index in [0.29, 0.717) is 53.8 Å². The number of aromatic nitrogens is 4. The second-order valence-corrected chi connectivity index (χ2v) is 13.1. The van der Waals surface area contributed by atoms with E-state index in [1.807, 2.05) is 47.7 Å². The van der Waals surface area contributed by atoms with Gasteiger partial charge in [0, 0.05) is 48.8 Å². The van der Waals surface area contributed by atoms with Crippen molar-refractivity contribution in [3.05, 3.63) is 100 Å². The number of imidazole rings is 1. The van der Waals surface area contributed by atoms with Crippen molar-refractivity contribution >= 4 is 39.7 Å². The molecular formula is C36H41N7O4S. The van der Waals surface area contributed by atoms with E-state index in [2.05, 4.69) is 24.1 Å². The third-order valence-electron chi connectivity index (χ3n) is 8.82. The molecule has 3 amide bonds. The fourth-order valence-electron chi connectivity index (χ4n) is 6.14. The van der Waals surface area contributed by atoms with Gasteiger partial charge < -0.3 is 20.2 Å². The largest absolute Gasteiger partial charge is 0.394 e. The number of unbranched alkanes of at least 4 members (excludes halogenated alkanes) is 2. The lowest BCUT2D eigenvalue weighted by Crippen LogP contribution is -2.46. The molecule has 2 aromatic carbocycles. The van der Waals surface area contributed by atoms with E-state index in [1.165, 1.54) is 11.3 Å². The summed E-state index contributed by atoms with van der Waals surface area (Å²) in [6.07, 6.45) is 7.79. The number of aryl methyl sites for hydroxylation is 1. The average molecular weight is 668 g/mol. The summed E-state index contributed by atoms with van der Waals surface area (Å²) < 4.78 is 3.41. The Morgan fingerprint density at radius 3 is 2.48 bits per heavy atom. The number of hydrogen-bond acceptors (Lipinski definition) is 7. The Labute approximate surface area is 283 Å². The lowest BCUT2D eigenvalue weighted by Gasteiger charge is -2.36. The van der Waals surface area contributed by atoms with Crippen molar-refractivity contribution in [1.29, 1.82) is 0 Å². The number of aliphatic hydroxyl groups is 1. The number of thiazole rings is 1. The number of rotatable bonds is 12. The first-order chi connectivity index (χ1) is 23.3. The molecule has 4 heterocycles. The molecule has 0 radical (unpaired) electrons. The van der Waals surface area contributed by atoms with Crippen molar-refractivity contribution < 1.29 is 19.5 Å². The Kier molecular flexibility index (Phi) is 10.0. The van der Waals surface area contributed by atoms with Gasteiger partial charge in [0.15, 0.2) is 10.7 Å². The van der Waals surface area contributed by atoms with Crippen LogP contribution in [0, 0.1) is 6.92 Å². The quantitative estimate of drug-likeness (QED) is 0.175. The van der Waals surface area contributed by atoms with Crippen LogP contribution in [0.3, 0.4) is 0 Å². The first kappa shape index (κ1) is 33.1. The number of aliphatic hydroxyl groups excluding tert-OH is 1. The van der Waals surface area contributed by atoms with Crippen molar-refractivity contribution in [3.8, 4) is 5.69 Å². The number of carbonyl (C=O) groups is 3. The van der Waals surface area contributed by atoms with Crippen LogP contribution in [-0.2, 0) is 13.0 Å². The lowest BCUT2D eigenvalue weighted by atomic mass is 9.93. The van der Waals surface area contributed by atoms with Gasteiger partial charge in [-0.15, -0.1) is 11.3 Å². The first-order valence-electron chi connectivity index (χ1n) is 16.5. The molecule has 11 nitrogen and oxygen atoms in total. The minimum absolute atomic E-state index is 0.136. The number of anilines is 1. The average Bonchev–Trinajstić information content (AvgIpc) is 3.83. The first-order valence-corrected chi connectivity index (χ1v) is 17.4. The third-order valence-corrected chi connectivity index (χ3v) is 9.59. The molecule has 0 bridgehead atoms. The molecule has 0 saturated carbocycles. The number of amides is 3. The van der Waals surface area contributed by atoms with E-state index in [1.54, 1.807) is 44.4 Å². The van der Waals surface area contributed by atoms with Crippen LogP contribution in [0.15, 0.2) is 66.3 Å². The van der Waals surface area contributed by atoms with Gasteiger partial charge in [0.25, 0.3) is 17.7 Å². The minimum atomic E-state index is -0.432. The fourth-order valence-corrected chi connectivity index (χ4v) is 6.84. The SMILES string of the molecule is CCCCN(CCCC)C(=O)c1cc(C)n(-c2ccc(NC(=O)c3cn4ccsc4n3)cc2C(=O)N2Cc3ccccc3C[C@H]2CO)n1. The Balaban J connectivity index is 1.37. The zero-order chi connectivity index (χ0) is 33.8. The molecule has 0 spiro atoms. The number of nitrogens with zero attached hydrogens (tertiary/aromatic N) is 6. The van der Waals surface area contributed by atoms with Gasteiger partial charge in [0.1, 0.15) is 5.69 Å². The highest BCUT2D eigenvalue weighted by molar-refractivity contribution is 7.15. The summed E-state index contributed by atoms with van der Waals surface area (Å²) in [4.78, 5) is 50.1. The zero-order valence-electron chi connectivity index (χ0n) is 27.6. The number of fused-ring (bicyclic) bond motifs is 2. The standard InChI is InChI=1S/C36H41N7O4S/c1-4-6-14-40(15-7-5-2)35(47)30-18-24(3)43(39-30)32-13-12-27(37-33(45)31-22-41-16-17-48-36(41)38-31)20-29(32)34(46)42-21-26-11-9-8-10-25(26)19-28(42)23-44/h8-13,16-18,20,22,28,44H,4-7,14-15,19,21,23H2,1-3H3,(H,37,45)/t28-/m0/s1. The predicted molar refractivity (Wildman–Crippen MR) is 186 cm³/mol. The smallest absolute Gasteiger partial charge is 0.275 e. The van der Waals surface area contributed by atoms with Crippen LogP contribution in [0.25, 0.3) is 10.6 Å². The third kappa shape index (κ3) is 6.76. The van der Waals surface area contributed by atoms with Crippen molar-refractivity contribution in [2.24, 2.45) is 0 Å². The number of benzene rings is 2. The van der Waals surface area contributed by atoms with Crippen LogP contribution < -0.4 is 5.32 Å². The van der Waals surface area contributed by atoms with Crippen LogP contribution >= 0.6 is 11.3 Å². The van der Waals surface area contributed by atoms with Gasteiger partial charge in [-0.05, 0) is 61.6 Å². The van der Waals surface area contributed by atoms with Crippen molar-refractivity contribution in [2.45, 2.75) is 65.5 Å². The van der Waals surface area contributed by atoms with E-state index >= 15 is 0 Å². The van der Waals surface area contributed by atoms with Crippen molar-refractivity contribution in [3.63, 3.8) is 0 Å². The van der Waals surface area contributed by atoms with E-state index in [0.717, 1.165) is 36.8 Å². The second kappa shape index (κ2) is 14.5. The van der Waals surface area contributed by atoms with Gasteiger partial charge >= 0.3 is 0 Å². The van der Waals surface area contributed by atoms with Crippen LogP contribution in [-0.4, -0.2) is 77.5 Å². The zero-order valence-corrected chi connectivity index (χ0v) is 28.4. The van der Waals surface area contributed by atoms with Gasteiger partial charge in [-0.1, -0.05) is 51.0 Å². The Bertz CT molecular complexity index is 1910. The maximum atomic E-state index is 14.5. The number of hydrogen-bond donors (Lipinski definition) is 2. The maximum Gasteiger partial charge on any atom is 0.275 e. The van der Waals surface area contributed by atoms with E-state index in [-0.39, 0.29) is 29.7 Å². The van der Waals surface area contributed by atoms with E-state index in [4.69, 9.17) is 5.10 Å². The van der Waals surface area contributed by atoms with E-state index in [9.17, 15) is 19.5 Å². The van der Waals surface area contributed by atoms with Gasteiger partial charge in [0.2, 0.25) is 0 Å². The normalized spacial score (nSPS) is 14.2. The monoisotopic (exact) mass is 667 g/mol. The molecule has 3 aromatic heterocycles. The van der Waals surface area contributed by atoms with Crippen LogP contribution in [0.4, 0.5) is 5.69 Å². The second-order valence-electron chi connectivity index (χ2n) is 12.2. The van der Waals surface area contributed by atoms with Gasteiger partial charge in [-0.2, -0.15) is 5.10 Å². The lowest BCUT2D eigenvalue weighted by molar-refractivity contribution is 0.0544. The number of nitrogens with one attached hydrogen (secondary N) is 1. The maximum absolute atomic E-state index is 14.5. The molecule has 6 rings (SSSR count). The van der Waals surface area contributed by atoms with Crippen LogP contribution in [0.1, 0.15) is 87.7 Å². The summed E-state index contributed by atoms with van der Waals surface area (Å²) in [7, 11) is 0. The van der Waals surface area contributed by atoms with Gasteiger partial charge in [-0.3, -0.25) is 18.8 Å². The highest BCUT2D eigenvalue weighted by Gasteiger charge is 2.32. The van der Waals surface area contributed by atoms with Gasteiger partial charge in [0.05, 0.1) is 23.9 Å². The molecule has 5 aromatic rings. The Morgan fingerprint density at radius 1 is 1.02 bits per heavy atom. The molecule has 1 atom stereocenters. The van der Waals surface area contributed by atoms with E-state index < -0.39 is 11.9 Å². The minimum Gasteiger partial charge on any atom is -0.394 e. The highest BCUT2D eigenvalue weighted by Crippen LogP contribution is 2.29. The summed E-state index contributed by atoms with van der Waals surface area (Å²) in [6, 6.07) is 14.3. The molecule has 1 aliphatic heterocycles. The molecule has 48 heavy (non-hydrogen) atoms.